The summed E-state index contributed by atoms with van der Waals surface area (Å²) in [6, 6.07) is 2.87. The first-order chi connectivity index (χ1) is 8.22. The molecule has 2 nitrogen and oxygen atoms in total. The van der Waals surface area contributed by atoms with E-state index in [0.29, 0.717) is 6.04 Å². The third kappa shape index (κ3) is 5.46. The second kappa shape index (κ2) is 9.98. The third-order valence-electron chi connectivity index (χ3n) is 3.15. The van der Waals surface area contributed by atoms with Gasteiger partial charge in [-0.1, -0.05) is 13.3 Å². The van der Waals surface area contributed by atoms with E-state index in [9.17, 15) is 0 Å². The maximum atomic E-state index is 3.60. The zero-order chi connectivity index (χ0) is 12.3. The van der Waals surface area contributed by atoms with Gasteiger partial charge < -0.3 is 5.32 Å². The zero-order valence-corrected chi connectivity index (χ0v) is 16.4. The van der Waals surface area contributed by atoms with E-state index in [0.717, 1.165) is 26.2 Å². The molecule has 19 heavy (non-hydrogen) atoms. The lowest BCUT2D eigenvalue weighted by Crippen LogP contribution is -2.45. The van der Waals surface area contributed by atoms with E-state index >= 15 is 0 Å². The minimum Gasteiger partial charge on any atom is -0.314 e. The van der Waals surface area contributed by atoms with Crippen molar-refractivity contribution in [2.75, 3.05) is 26.2 Å². The Bertz CT molecular complexity index is 351. The van der Waals surface area contributed by atoms with Gasteiger partial charge in [-0.3, -0.25) is 4.90 Å². The van der Waals surface area contributed by atoms with Crippen LogP contribution in [-0.2, 0) is 0 Å². The van der Waals surface area contributed by atoms with E-state index in [4.69, 9.17) is 0 Å². The minimum atomic E-state index is 0. The van der Waals surface area contributed by atoms with E-state index in [1.54, 1.807) is 0 Å². The van der Waals surface area contributed by atoms with Gasteiger partial charge in [-0.2, -0.15) is 0 Å². The lowest BCUT2D eigenvalue weighted by molar-refractivity contribution is 0.167. The molecule has 1 atom stereocenters. The van der Waals surface area contributed by atoms with E-state index in [2.05, 4.69) is 55.1 Å². The molecule has 1 aromatic heterocycles. The van der Waals surface area contributed by atoms with Crippen molar-refractivity contribution in [3.8, 4) is 0 Å². The second-order valence-corrected chi connectivity index (χ2v) is 7.62. The number of rotatable bonds is 4. The van der Waals surface area contributed by atoms with Crippen LogP contribution in [0.4, 0.5) is 0 Å². The Labute approximate surface area is 148 Å². The Morgan fingerprint density at radius 1 is 1.32 bits per heavy atom. The molecule has 1 fully saturated rings. The molecule has 0 aromatic carbocycles. The number of piperazine rings is 1. The smallest absolute Gasteiger partial charge is 0.0843 e. The molecule has 1 aromatic rings. The van der Waals surface area contributed by atoms with Gasteiger partial charge in [0.2, 0.25) is 0 Å². The molecule has 1 aliphatic rings. The van der Waals surface area contributed by atoms with Crippen LogP contribution < -0.4 is 5.32 Å². The number of hydrogen-bond donors (Lipinski definition) is 1. The molecule has 0 saturated carbocycles. The number of halogens is 4. The third-order valence-corrected chi connectivity index (χ3v) is 6.50. The highest BCUT2D eigenvalue weighted by Crippen LogP contribution is 2.39. The molecule has 0 bridgehead atoms. The first-order valence-electron chi connectivity index (χ1n) is 6.12. The van der Waals surface area contributed by atoms with Gasteiger partial charge >= 0.3 is 0 Å². The van der Waals surface area contributed by atoms with E-state index < -0.39 is 0 Å². The maximum absolute atomic E-state index is 3.60. The summed E-state index contributed by atoms with van der Waals surface area (Å²) in [4.78, 5) is 4.09. The molecule has 2 heterocycles. The van der Waals surface area contributed by atoms with Crippen molar-refractivity contribution in [2.24, 2.45) is 0 Å². The van der Waals surface area contributed by atoms with Crippen LogP contribution in [-0.4, -0.2) is 31.1 Å². The summed E-state index contributed by atoms with van der Waals surface area (Å²) in [5, 5.41) is 3.42. The summed E-state index contributed by atoms with van der Waals surface area (Å²) in [5.41, 5.74) is 0. The molecule has 0 spiro atoms. The average Bonchev–Trinajstić information content (AvgIpc) is 2.67. The minimum absolute atomic E-state index is 0. The van der Waals surface area contributed by atoms with Crippen LogP contribution >= 0.6 is 68.0 Å². The zero-order valence-electron chi connectivity index (χ0n) is 10.8. The second-order valence-electron chi connectivity index (χ2n) is 4.36. The molecule has 1 saturated heterocycles. The summed E-state index contributed by atoms with van der Waals surface area (Å²) >= 11 is 9.06. The number of hydrogen-bond acceptors (Lipinski definition) is 3. The largest absolute Gasteiger partial charge is 0.314 e. The highest BCUT2D eigenvalue weighted by molar-refractivity contribution is 9.13. The molecular weight excluding hydrogens is 435 g/mol. The van der Waals surface area contributed by atoms with Crippen LogP contribution in [0.15, 0.2) is 14.3 Å². The normalized spacial score (nSPS) is 17.4. The van der Waals surface area contributed by atoms with Crippen LogP contribution in [0, 0.1) is 0 Å². The van der Waals surface area contributed by atoms with Crippen LogP contribution in [0.25, 0.3) is 0 Å². The van der Waals surface area contributed by atoms with E-state index in [-0.39, 0.29) is 24.8 Å². The van der Waals surface area contributed by atoms with Gasteiger partial charge in [0.25, 0.3) is 0 Å². The summed E-state index contributed by atoms with van der Waals surface area (Å²) in [6.07, 6.45) is 2.49. The van der Waals surface area contributed by atoms with Crippen molar-refractivity contribution in [3.63, 3.8) is 0 Å². The van der Waals surface area contributed by atoms with Gasteiger partial charge in [-0.15, -0.1) is 36.2 Å². The van der Waals surface area contributed by atoms with Gasteiger partial charge in [0.05, 0.1) is 3.79 Å². The molecule has 1 N–H and O–H groups in total. The van der Waals surface area contributed by atoms with Crippen LogP contribution in [0.1, 0.15) is 30.7 Å². The molecule has 2 rings (SSSR count). The number of nitrogens with zero attached hydrogens (tertiary/aromatic N) is 1. The van der Waals surface area contributed by atoms with E-state index in [1.165, 1.54) is 26.0 Å². The Balaban J connectivity index is 0.00000162. The Morgan fingerprint density at radius 3 is 2.42 bits per heavy atom. The van der Waals surface area contributed by atoms with Gasteiger partial charge in [-0.05, 0) is 44.3 Å². The fourth-order valence-corrected chi connectivity index (χ4v) is 4.56. The number of nitrogens with one attached hydrogen (secondary N) is 1. The van der Waals surface area contributed by atoms with Gasteiger partial charge in [0, 0.05) is 41.6 Å². The van der Waals surface area contributed by atoms with Crippen molar-refractivity contribution in [1.82, 2.24) is 10.2 Å². The van der Waals surface area contributed by atoms with Gasteiger partial charge in [0.15, 0.2) is 0 Å². The molecule has 7 heteroatoms. The average molecular weight is 455 g/mol. The monoisotopic (exact) mass is 452 g/mol. The van der Waals surface area contributed by atoms with E-state index in [1.807, 2.05) is 11.3 Å². The quantitative estimate of drug-likeness (QED) is 0.698. The Hall–Kier alpha value is 1.16. The summed E-state index contributed by atoms with van der Waals surface area (Å²) in [7, 11) is 0. The molecule has 0 amide bonds. The van der Waals surface area contributed by atoms with Crippen molar-refractivity contribution >= 4 is 68.0 Å². The molecule has 0 aliphatic carbocycles. The van der Waals surface area contributed by atoms with Crippen LogP contribution in [0.2, 0.25) is 0 Å². The summed E-state index contributed by atoms with van der Waals surface area (Å²) in [6.45, 7) is 6.84. The standard InChI is InChI=1S/C12H18Br2N2S.2ClH/c1-2-3-10(16-6-4-15-5-7-16)11-8-9(13)12(14)17-11;;/h8,10,15H,2-7H2,1H3;2*1H/t10-;;/m0../s1. The SMILES string of the molecule is CCC[C@@H](c1cc(Br)c(Br)s1)N1CCNCC1.Cl.Cl. The Kier molecular flexibility index (Phi) is 10.6. The first-order valence-corrected chi connectivity index (χ1v) is 8.52. The predicted octanol–water partition coefficient (Wildman–Crippen LogP) is 4.86. The highest BCUT2D eigenvalue weighted by atomic mass is 79.9. The fourth-order valence-electron chi connectivity index (χ4n) is 2.30. The topological polar surface area (TPSA) is 15.3 Å². The number of thiophene rings is 1. The predicted molar refractivity (Wildman–Crippen MR) is 96.3 cm³/mol. The van der Waals surface area contributed by atoms with Crippen molar-refractivity contribution in [2.45, 2.75) is 25.8 Å². The van der Waals surface area contributed by atoms with Crippen molar-refractivity contribution in [1.29, 1.82) is 0 Å². The van der Waals surface area contributed by atoms with Crippen LogP contribution in [0.5, 0.6) is 0 Å². The van der Waals surface area contributed by atoms with Gasteiger partial charge in [-0.25, -0.2) is 0 Å². The lowest BCUT2D eigenvalue weighted by Gasteiger charge is -2.34. The molecule has 112 valence electrons. The highest BCUT2D eigenvalue weighted by Gasteiger charge is 2.23. The van der Waals surface area contributed by atoms with Gasteiger partial charge in [0.1, 0.15) is 0 Å². The van der Waals surface area contributed by atoms with Crippen LogP contribution in [0.3, 0.4) is 0 Å². The van der Waals surface area contributed by atoms with Crippen molar-refractivity contribution in [3.05, 3.63) is 19.2 Å². The summed E-state index contributed by atoms with van der Waals surface area (Å²) in [5.74, 6) is 0. The molecule has 1 aliphatic heterocycles. The fraction of sp³-hybridized carbons (Fsp3) is 0.667. The Morgan fingerprint density at radius 2 is 1.95 bits per heavy atom. The first kappa shape index (κ1) is 20.2. The molecule has 0 radical (unpaired) electrons. The maximum Gasteiger partial charge on any atom is 0.0843 e. The van der Waals surface area contributed by atoms with Crippen molar-refractivity contribution < 1.29 is 0 Å². The lowest BCUT2D eigenvalue weighted by atomic mass is 10.1. The molecular formula is C12H20Br2Cl2N2S. The summed E-state index contributed by atoms with van der Waals surface area (Å²) < 4.78 is 2.40. The molecule has 0 unspecified atom stereocenters.